The molecule has 7 nitrogen and oxygen atoms in total. The normalized spacial score (nSPS) is 16.3. The lowest BCUT2D eigenvalue weighted by Crippen LogP contribution is -2.53. The summed E-state index contributed by atoms with van der Waals surface area (Å²) in [7, 11) is 1.45. The minimum atomic E-state index is -1.21. The van der Waals surface area contributed by atoms with Crippen LogP contribution in [0.5, 0.6) is 11.5 Å². The predicted molar refractivity (Wildman–Crippen MR) is 93.0 cm³/mol. The van der Waals surface area contributed by atoms with E-state index in [0.717, 1.165) is 0 Å². The van der Waals surface area contributed by atoms with E-state index in [0.29, 0.717) is 37.4 Å². The molecule has 0 aliphatic carbocycles. The lowest BCUT2D eigenvalue weighted by molar-refractivity contribution is -0.136. The second-order valence-corrected chi connectivity index (χ2v) is 6.61. The van der Waals surface area contributed by atoms with E-state index in [9.17, 15) is 14.0 Å². The van der Waals surface area contributed by atoms with Crippen molar-refractivity contribution in [3.05, 3.63) is 24.0 Å². The maximum atomic E-state index is 13.3. The second-order valence-electron chi connectivity index (χ2n) is 6.61. The van der Waals surface area contributed by atoms with Crippen molar-refractivity contribution in [2.24, 2.45) is 5.92 Å². The highest BCUT2D eigenvalue weighted by atomic mass is 19.1. The third kappa shape index (κ3) is 5.00. The number of hydrogen-bond acceptors (Lipinski definition) is 4. The summed E-state index contributed by atoms with van der Waals surface area (Å²) in [6.07, 6.45) is -0.129. The Balaban J connectivity index is 1.94. The number of amides is 2. The molecule has 0 saturated carbocycles. The number of methoxy groups -OCH3 is 1. The fourth-order valence-corrected chi connectivity index (χ4v) is 2.96. The first kappa shape index (κ1) is 19.8. The van der Waals surface area contributed by atoms with Crippen molar-refractivity contribution in [1.82, 2.24) is 10.2 Å². The van der Waals surface area contributed by atoms with E-state index in [1.54, 1.807) is 18.7 Å². The summed E-state index contributed by atoms with van der Waals surface area (Å²) in [6.45, 7) is 4.54. The zero-order valence-corrected chi connectivity index (χ0v) is 15.2. The van der Waals surface area contributed by atoms with Crippen molar-refractivity contribution in [2.45, 2.75) is 38.8 Å². The van der Waals surface area contributed by atoms with Crippen molar-refractivity contribution in [3.63, 3.8) is 0 Å². The van der Waals surface area contributed by atoms with Gasteiger partial charge in [0.1, 0.15) is 18.0 Å². The van der Waals surface area contributed by atoms with E-state index in [2.05, 4.69) is 5.32 Å². The van der Waals surface area contributed by atoms with Crippen LogP contribution in [-0.4, -0.2) is 54.4 Å². The number of rotatable bonds is 6. The maximum absolute atomic E-state index is 13.3. The van der Waals surface area contributed by atoms with Crippen LogP contribution in [0.3, 0.4) is 0 Å². The number of likely N-dealkylation sites (tertiary alicyclic amines) is 1. The number of carbonyl (C=O) groups is 2. The first-order chi connectivity index (χ1) is 12.3. The van der Waals surface area contributed by atoms with E-state index in [1.165, 1.54) is 25.3 Å². The molecule has 1 aromatic rings. The Morgan fingerprint density at radius 1 is 1.27 bits per heavy atom. The summed E-state index contributed by atoms with van der Waals surface area (Å²) in [5, 5.41) is 11.2. The van der Waals surface area contributed by atoms with Crippen LogP contribution in [0.1, 0.15) is 26.7 Å². The average Bonchev–Trinajstić information content (AvgIpc) is 2.60. The Morgan fingerprint density at radius 2 is 1.92 bits per heavy atom. The molecule has 0 aromatic heterocycles. The molecule has 0 radical (unpaired) electrons. The topological polar surface area (TPSA) is 88.1 Å². The van der Waals surface area contributed by atoms with Crippen LogP contribution in [-0.2, 0) is 4.79 Å². The molecule has 1 atom stereocenters. The zero-order valence-electron chi connectivity index (χ0n) is 15.2. The summed E-state index contributed by atoms with van der Waals surface area (Å²) in [5.74, 6) is 0.0249. The molecule has 2 rings (SSSR count). The third-order valence-corrected chi connectivity index (χ3v) is 4.38. The minimum Gasteiger partial charge on any atom is -0.493 e. The van der Waals surface area contributed by atoms with Crippen molar-refractivity contribution in [2.75, 3.05) is 20.2 Å². The molecule has 0 spiro atoms. The molecule has 1 heterocycles. The van der Waals surface area contributed by atoms with Gasteiger partial charge in [0, 0.05) is 32.0 Å². The average molecular weight is 368 g/mol. The van der Waals surface area contributed by atoms with E-state index < -0.39 is 18.0 Å². The Kier molecular flexibility index (Phi) is 6.65. The van der Waals surface area contributed by atoms with Gasteiger partial charge in [-0.2, -0.15) is 0 Å². The Hall–Kier alpha value is -2.51. The van der Waals surface area contributed by atoms with Crippen molar-refractivity contribution in [1.29, 1.82) is 0 Å². The van der Waals surface area contributed by atoms with Gasteiger partial charge in [-0.25, -0.2) is 9.18 Å². The summed E-state index contributed by atoms with van der Waals surface area (Å²) in [6, 6.07) is 3.33. The first-order valence-electron chi connectivity index (χ1n) is 8.60. The molecule has 1 fully saturated rings. The van der Waals surface area contributed by atoms with Crippen LogP contribution in [0.4, 0.5) is 9.18 Å². The largest absolute Gasteiger partial charge is 0.493 e. The van der Waals surface area contributed by atoms with Crippen LogP contribution in [0.25, 0.3) is 0 Å². The van der Waals surface area contributed by atoms with Gasteiger partial charge in [-0.15, -0.1) is 0 Å². The number of nitrogens with one attached hydrogen (secondary N) is 1. The number of ether oxygens (including phenoxy) is 2. The van der Waals surface area contributed by atoms with Gasteiger partial charge >= 0.3 is 6.09 Å². The highest BCUT2D eigenvalue weighted by molar-refractivity contribution is 5.85. The van der Waals surface area contributed by atoms with E-state index in [4.69, 9.17) is 14.6 Å². The van der Waals surface area contributed by atoms with Gasteiger partial charge in [0.25, 0.3) is 0 Å². The molecule has 1 aliphatic heterocycles. The molecule has 0 unspecified atom stereocenters. The lowest BCUT2D eigenvalue weighted by Gasteiger charge is -2.35. The van der Waals surface area contributed by atoms with Crippen LogP contribution in [0.15, 0.2) is 18.2 Å². The number of benzene rings is 1. The fraction of sp³-hybridized carbons (Fsp3) is 0.556. The molecule has 1 aromatic carbocycles. The molecule has 144 valence electrons. The lowest BCUT2D eigenvalue weighted by atomic mass is 10.0. The number of piperidine rings is 1. The van der Waals surface area contributed by atoms with Gasteiger partial charge in [-0.3, -0.25) is 4.79 Å². The van der Waals surface area contributed by atoms with Crippen LogP contribution >= 0.6 is 0 Å². The SMILES string of the molecule is COc1cc(F)ccc1OC1CCN(C(=O)[C@@H](NC(=O)O)C(C)C)CC1. The quantitative estimate of drug-likeness (QED) is 0.805. The molecule has 2 amide bonds. The molecule has 1 saturated heterocycles. The smallest absolute Gasteiger partial charge is 0.405 e. The highest BCUT2D eigenvalue weighted by Crippen LogP contribution is 2.30. The van der Waals surface area contributed by atoms with Gasteiger partial charge in [0.05, 0.1) is 7.11 Å². The maximum Gasteiger partial charge on any atom is 0.405 e. The first-order valence-corrected chi connectivity index (χ1v) is 8.60. The summed E-state index contributed by atoms with van der Waals surface area (Å²) in [4.78, 5) is 25.1. The zero-order chi connectivity index (χ0) is 19.3. The Morgan fingerprint density at radius 3 is 2.46 bits per heavy atom. The molecule has 26 heavy (non-hydrogen) atoms. The summed E-state index contributed by atoms with van der Waals surface area (Å²) < 4.78 is 24.3. The number of carboxylic acid groups (broad SMARTS) is 1. The van der Waals surface area contributed by atoms with Crippen molar-refractivity contribution >= 4 is 12.0 Å². The Labute approximate surface area is 152 Å². The van der Waals surface area contributed by atoms with Gasteiger partial charge in [0.2, 0.25) is 5.91 Å². The molecule has 2 N–H and O–H groups in total. The summed E-state index contributed by atoms with van der Waals surface area (Å²) in [5.41, 5.74) is 0. The Bertz CT molecular complexity index is 644. The fourth-order valence-electron chi connectivity index (χ4n) is 2.96. The summed E-state index contributed by atoms with van der Waals surface area (Å²) >= 11 is 0. The molecule has 8 heteroatoms. The van der Waals surface area contributed by atoms with Crippen molar-refractivity contribution in [3.8, 4) is 11.5 Å². The number of halogens is 1. The van der Waals surface area contributed by atoms with Gasteiger partial charge in [-0.05, 0) is 18.1 Å². The molecule has 0 bridgehead atoms. The van der Waals surface area contributed by atoms with Crippen LogP contribution in [0, 0.1) is 11.7 Å². The second kappa shape index (κ2) is 8.73. The predicted octanol–water partition coefficient (Wildman–Crippen LogP) is 2.50. The van der Waals surface area contributed by atoms with Crippen LogP contribution in [0.2, 0.25) is 0 Å². The standard InChI is InChI=1S/C18H25FN2O5/c1-11(2)16(20-18(23)24)17(22)21-8-6-13(7-9-21)26-14-5-4-12(19)10-15(14)25-3/h4-5,10-11,13,16,20H,6-9H2,1-3H3,(H,23,24)/t16-/m0/s1. The number of hydrogen-bond donors (Lipinski definition) is 2. The van der Waals surface area contributed by atoms with Crippen LogP contribution < -0.4 is 14.8 Å². The van der Waals surface area contributed by atoms with E-state index in [1.807, 2.05) is 0 Å². The van der Waals surface area contributed by atoms with E-state index >= 15 is 0 Å². The van der Waals surface area contributed by atoms with Gasteiger partial charge in [-0.1, -0.05) is 13.8 Å². The monoisotopic (exact) mass is 368 g/mol. The molecular formula is C18H25FN2O5. The number of nitrogens with zero attached hydrogens (tertiary/aromatic N) is 1. The minimum absolute atomic E-state index is 0.122. The third-order valence-electron chi connectivity index (χ3n) is 4.38. The molecular weight excluding hydrogens is 343 g/mol. The number of carbonyl (C=O) groups excluding carboxylic acids is 1. The van der Waals surface area contributed by atoms with E-state index in [-0.39, 0.29) is 17.9 Å². The molecule has 1 aliphatic rings. The van der Waals surface area contributed by atoms with Crippen molar-refractivity contribution < 1.29 is 28.6 Å². The van der Waals surface area contributed by atoms with Gasteiger partial charge < -0.3 is 24.8 Å². The highest BCUT2D eigenvalue weighted by Gasteiger charge is 2.31. The van der Waals surface area contributed by atoms with Gasteiger partial charge in [0.15, 0.2) is 11.5 Å².